The minimum atomic E-state index is -0.169. The van der Waals surface area contributed by atoms with Crippen molar-refractivity contribution >= 4 is 11.6 Å². The van der Waals surface area contributed by atoms with Crippen molar-refractivity contribution in [2.75, 3.05) is 7.11 Å². The number of fused-ring (bicyclic) bond motifs is 1. The van der Waals surface area contributed by atoms with Crippen molar-refractivity contribution < 1.29 is 9.53 Å². The average Bonchev–Trinajstić information content (AvgIpc) is 2.90. The molecule has 0 fully saturated rings. The van der Waals surface area contributed by atoms with Crippen molar-refractivity contribution in [1.29, 1.82) is 0 Å². The summed E-state index contributed by atoms with van der Waals surface area (Å²) in [6.45, 7) is 2.85. The number of aryl methyl sites for hydroxylation is 1. The lowest BCUT2D eigenvalue weighted by Crippen LogP contribution is -2.23. The molecular formula is C17H18N4O2. The zero-order chi connectivity index (χ0) is 16.2. The summed E-state index contributed by atoms with van der Waals surface area (Å²) >= 11 is 0. The molecule has 23 heavy (non-hydrogen) atoms. The molecule has 0 radical (unpaired) electrons. The van der Waals surface area contributed by atoms with E-state index in [1.807, 2.05) is 31.2 Å². The van der Waals surface area contributed by atoms with Crippen molar-refractivity contribution in [1.82, 2.24) is 19.9 Å². The molecule has 3 rings (SSSR count). The average molecular weight is 310 g/mol. The predicted molar refractivity (Wildman–Crippen MR) is 86.0 cm³/mol. The van der Waals surface area contributed by atoms with Crippen molar-refractivity contribution in [2.45, 2.75) is 20.1 Å². The van der Waals surface area contributed by atoms with Gasteiger partial charge in [-0.3, -0.25) is 4.79 Å². The van der Waals surface area contributed by atoms with Crippen LogP contribution in [0.3, 0.4) is 0 Å². The number of nitrogens with zero attached hydrogens (tertiary/aromatic N) is 3. The van der Waals surface area contributed by atoms with E-state index >= 15 is 0 Å². The molecule has 0 aliphatic carbocycles. The van der Waals surface area contributed by atoms with Gasteiger partial charge in [0.25, 0.3) is 5.91 Å². The molecule has 0 aliphatic heterocycles. The van der Waals surface area contributed by atoms with Crippen LogP contribution in [0.25, 0.3) is 5.65 Å². The van der Waals surface area contributed by atoms with E-state index in [9.17, 15) is 4.79 Å². The lowest BCUT2D eigenvalue weighted by molar-refractivity contribution is 0.0951. The quantitative estimate of drug-likeness (QED) is 0.784. The van der Waals surface area contributed by atoms with Gasteiger partial charge in [-0.15, -0.1) is 0 Å². The lowest BCUT2D eigenvalue weighted by atomic mass is 10.1. The summed E-state index contributed by atoms with van der Waals surface area (Å²) in [4.78, 5) is 16.7. The Kier molecular flexibility index (Phi) is 4.34. The first-order chi connectivity index (χ1) is 11.2. The van der Waals surface area contributed by atoms with Crippen LogP contribution in [0.1, 0.15) is 27.2 Å². The highest BCUT2D eigenvalue weighted by Crippen LogP contribution is 2.13. The van der Waals surface area contributed by atoms with E-state index < -0.39 is 0 Å². The largest absolute Gasteiger partial charge is 0.380 e. The maximum atomic E-state index is 12.5. The highest BCUT2D eigenvalue weighted by Gasteiger charge is 2.17. The molecule has 6 heteroatoms. The van der Waals surface area contributed by atoms with Gasteiger partial charge >= 0.3 is 0 Å². The summed E-state index contributed by atoms with van der Waals surface area (Å²) in [5, 5.41) is 7.22. The van der Waals surface area contributed by atoms with Gasteiger partial charge in [0.05, 0.1) is 12.3 Å². The Hall–Kier alpha value is -2.73. The molecule has 1 amide bonds. The summed E-state index contributed by atoms with van der Waals surface area (Å²) in [7, 11) is 1.67. The minimum absolute atomic E-state index is 0.169. The third-order valence-corrected chi connectivity index (χ3v) is 3.58. The van der Waals surface area contributed by atoms with Crippen LogP contribution in [0.2, 0.25) is 0 Å². The molecule has 0 bridgehead atoms. The number of benzene rings is 1. The monoisotopic (exact) mass is 310 g/mol. The second kappa shape index (κ2) is 6.58. The molecule has 2 heterocycles. The van der Waals surface area contributed by atoms with Gasteiger partial charge in [-0.25, -0.2) is 9.50 Å². The van der Waals surface area contributed by atoms with E-state index in [-0.39, 0.29) is 5.91 Å². The molecule has 0 saturated heterocycles. The highest BCUT2D eigenvalue weighted by molar-refractivity contribution is 6.00. The van der Waals surface area contributed by atoms with Gasteiger partial charge in [0.1, 0.15) is 5.56 Å². The normalized spacial score (nSPS) is 10.9. The summed E-state index contributed by atoms with van der Waals surface area (Å²) in [5.41, 5.74) is 3.88. The van der Waals surface area contributed by atoms with Crippen molar-refractivity contribution in [3.05, 3.63) is 65.1 Å². The second-order valence-corrected chi connectivity index (χ2v) is 5.28. The maximum Gasteiger partial charge on any atom is 0.257 e. The number of nitrogens with one attached hydrogen (secondary N) is 1. The van der Waals surface area contributed by atoms with Crippen LogP contribution >= 0.6 is 0 Å². The van der Waals surface area contributed by atoms with Crippen LogP contribution in [0.15, 0.2) is 42.7 Å². The van der Waals surface area contributed by atoms with Crippen LogP contribution in [-0.4, -0.2) is 27.6 Å². The number of rotatable bonds is 5. The molecule has 6 nitrogen and oxygen atoms in total. The number of hydrogen-bond donors (Lipinski definition) is 1. The molecular weight excluding hydrogens is 292 g/mol. The fourth-order valence-corrected chi connectivity index (χ4v) is 2.45. The van der Waals surface area contributed by atoms with Gasteiger partial charge in [0.15, 0.2) is 5.65 Å². The van der Waals surface area contributed by atoms with Crippen LogP contribution in [-0.2, 0) is 17.9 Å². The first-order valence-corrected chi connectivity index (χ1v) is 7.34. The van der Waals surface area contributed by atoms with Crippen LogP contribution in [0.5, 0.6) is 0 Å². The number of hydrogen-bond acceptors (Lipinski definition) is 4. The van der Waals surface area contributed by atoms with E-state index in [0.717, 1.165) is 11.1 Å². The smallest absolute Gasteiger partial charge is 0.257 e. The van der Waals surface area contributed by atoms with Crippen LogP contribution in [0, 0.1) is 6.92 Å². The Bertz CT molecular complexity index is 824. The molecule has 0 saturated carbocycles. The van der Waals surface area contributed by atoms with Gasteiger partial charge in [-0.2, -0.15) is 5.10 Å². The van der Waals surface area contributed by atoms with Crippen LogP contribution in [0.4, 0.5) is 0 Å². The SMILES string of the molecule is COCc1ccc(CNC(=O)c2c(C)nn3cccnc23)cc1. The molecule has 1 aromatic carbocycles. The van der Waals surface area contributed by atoms with Crippen LogP contribution < -0.4 is 5.32 Å². The topological polar surface area (TPSA) is 68.5 Å². The Morgan fingerprint density at radius 3 is 2.74 bits per heavy atom. The number of amides is 1. The Morgan fingerprint density at radius 1 is 1.26 bits per heavy atom. The fraction of sp³-hybridized carbons (Fsp3) is 0.235. The molecule has 1 N–H and O–H groups in total. The van der Waals surface area contributed by atoms with E-state index in [4.69, 9.17) is 4.74 Å². The third-order valence-electron chi connectivity index (χ3n) is 3.58. The van der Waals surface area contributed by atoms with Crippen molar-refractivity contribution in [3.8, 4) is 0 Å². The van der Waals surface area contributed by atoms with Crippen molar-refractivity contribution in [2.24, 2.45) is 0 Å². The maximum absolute atomic E-state index is 12.5. The number of methoxy groups -OCH3 is 1. The number of carbonyl (C=O) groups is 1. The highest BCUT2D eigenvalue weighted by atomic mass is 16.5. The standard InChI is InChI=1S/C17H18N4O2/c1-12-15(16-18-8-3-9-21(16)20-12)17(22)19-10-13-4-6-14(7-5-13)11-23-2/h3-9H,10-11H2,1-2H3,(H,19,22). The summed E-state index contributed by atoms with van der Waals surface area (Å²) in [6, 6.07) is 9.73. The molecule has 118 valence electrons. The van der Waals surface area contributed by atoms with E-state index in [0.29, 0.717) is 30.1 Å². The van der Waals surface area contributed by atoms with E-state index in [1.165, 1.54) is 0 Å². The van der Waals surface area contributed by atoms with Gasteiger partial charge in [-0.05, 0) is 24.1 Å². The Morgan fingerprint density at radius 2 is 2.00 bits per heavy atom. The predicted octanol–water partition coefficient (Wildman–Crippen LogP) is 2.11. The van der Waals surface area contributed by atoms with Crippen molar-refractivity contribution in [3.63, 3.8) is 0 Å². The second-order valence-electron chi connectivity index (χ2n) is 5.28. The lowest BCUT2D eigenvalue weighted by Gasteiger charge is -2.06. The van der Waals surface area contributed by atoms with Gasteiger partial charge in [0.2, 0.25) is 0 Å². The van der Waals surface area contributed by atoms with E-state index in [2.05, 4.69) is 15.4 Å². The first-order valence-electron chi connectivity index (χ1n) is 7.34. The first kappa shape index (κ1) is 15.2. The zero-order valence-corrected chi connectivity index (χ0v) is 13.1. The molecule has 0 atom stereocenters. The Balaban J connectivity index is 1.72. The summed E-state index contributed by atoms with van der Waals surface area (Å²) < 4.78 is 6.70. The van der Waals surface area contributed by atoms with Gasteiger partial charge in [-0.1, -0.05) is 24.3 Å². The van der Waals surface area contributed by atoms with Gasteiger partial charge in [0, 0.05) is 26.0 Å². The molecule has 2 aromatic heterocycles. The molecule has 0 aliphatic rings. The number of carbonyl (C=O) groups excluding carboxylic acids is 1. The zero-order valence-electron chi connectivity index (χ0n) is 13.1. The fourth-order valence-electron chi connectivity index (χ4n) is 2.45. The number of ether oxygens (including phenoxy) is 1. The van der Waals surface area contributed by atoms with E-state index in [1.54, 1.807) is 30.1 Å². The molecule has 3 aromatic rings. The summed E-state index contributed by atoms with van der Waals surface area (Å²) in [6.07, 6.45) is 3.43. The van der Waals surface area contributed by atoms with Gasteiger partial charge < -0.3 is 10.1 Å². The Labute approximate surface area is 134 Å². The summed E-state index contributed by atoms with van der Waals surface area (Å²) in [5.74, 6) is -0.169. The third kappa shape index (κ3) is 3.22. The number of aromatic nitrogens is 3. The minimum Gasteiger partial charge on any atom is -0.380 e. The molecule has 0 unspecified atom stereocenters. The molecule has 0 spiro atoms.